The van der Waals surface area contributed by atoms with E-state index in [1.165, 1.54) is 12.1 Å². The number of anilines is 2. The molecule has 0 aliphatic heterocycles. The minimum atomic E-state index is -0.419. The zero-order valence-electron chi connectivity index (χ0n) is 8.84. The van der Waals surface area contributed by atoms with E-state index in [2.05, 4.69) is 15.3 Å². The van der Waals surface area contributed by atoms with E-state index in [1.54, 1.807) is 12.3 Å². The van der Waals surface area contributed by atoms with Gasteiger partial charge < -0.3 is 5.32 Å². The highest BCUT2D eigenvalue weighted by Crippen LogP contribution is 2.23. The molecule has 6 heteroatoms. The molecule has 17 heavy (non-hydrogen) atoms. The van der Waals surface area contributed by atoms with Gasteiger partial charge in [0.1, 0.15) is 11.6 Å². The zero-order chi connectivity index (χ0) is 12.4. The number of aryl methyl sites for hydroxylation is 1. The van der Waals surface area contributed by atoms with Crippen molar-refractivity contribution in [3.8, 4) is 0 Å². The molecule has 0 atom stereocenters. The van der Waals surface area contributed by atoms with Gasteiger partial charge in [0, 0.05) is 22.5 Å². The van der Waals surface area contributed by atoms with Gasteiger partial charge in [-0.2, -0.15) is 0 Å². The quantitative estimate of drug-likeness (QED) is 0.840. The van der Waals surface area contributed by atoms with Crippen LogP contribution >= 0.6 is 23.2 Å². The Balaban J connectivity index is 2.34. The van der Waals surface area contributed by atoms with E-state index in [4.69, 9.17) is 23.2 Å². The van der Waals surface area contributed by atoms with Gasteiger partial charge >= 0.3 is 0 Å². The largest absolute Gasteiger partial charge is 0.340 e. The summed E-state index contributed by atoms with van der Waals surface area (Å²) >= 11 is 11.4. The van der Waals surface area contributed by atoms with Crippen molar-refractivity contribution >= 4 is 34.7 Å². The van der Waals surface area contributed by atoms with Crippen LogP contribution in [0.2, 0.25) is 10.3 Å². The number of hydrogen-bond donors (Lipinski definition) is 1. The second-order valence-electron chi connectivity index (χ2n) is 3.45. The predicted octanol–water partition coefficient (Wildman–Crippen LogP) is 3.97. The molecule has 0 saturated heterocycles. The molecule has 0 aliphatic rings. The third-order valence-corrected chi connectivity index (χ3v) is 2.47. The molecule has 1 aromatic carbocycles. The lowest BCUT2D eigenvalue weighted by Gasteiger charge is -2.08. The van der Waals surface area contributed by atoms with Crippen molar-refractivity contribution in [1.29, 1.82) is 0 Å². The average molecular weight is 272 g/mol. The number of nitrogens with one attached hydrogen (secondary N) is 1. The number of rotatable bonds is 2. The Kier molecular flexibility index (Phi) is 3.45. The normalized spacial score (nSPS) is 10.4. The highest BCUT2D eigenvalue weighted by atomic mass is 35.5. The zero-order valence-corrected chi connectivity index (χ0v) is 10.3. The summed E-state index contributed by atoms with van der Waals surface area (Å²) in [6.45, 7) is 1.82. The minimum absolute atomic E-state index is 0.126. The molecule has 1 aromatic heterocycles. The van der Waals surface area contributed by atoms with Crippen molar-refractivity contribution < 1.29 is 4.39 Å². The van der Waals surface area contributed by atoms with Crippen LogP contribution in [0.4, 0.5) is 15.9 Å². The van der Waals surface area contributed by atoms with Gasteiger partial charge in [0.2, 0.25) is 5.28 Å². The Morgan fingerprint density at radius 3 is 2.71 bits per heavy atom. The van der Waals surface area contributed by atoms with Gasteiger partial charge in [-0.05, 0) is 36.7 Å². The molecule has 0 amide bonds. The van der Waals surface area contributed by atoms with Crippen molar-refractivity contribution in [3.05, 3.63) is 46.1 Å². The van der Waals surface area contributed by atoms with Crippen LogP contribution in [0.5, 0.6) is 0 Å². The molecule has 0 bridgehead atoms. The first-order chi connectivity index (χ1) is 8.04. The maximum atomic E-state index is 13.1. The summed E-state index contributed by atoms with van der Waals surface area (Å²) in [7, 11) is 0. The molecule has 1 heterocycles. The summed E-state index contributed by atoms with van der Waals surface area (Å²) < 4.78 is 13.1. The summed E-state index contributed by atoms with van der Waals surface area (Å²) in [6.07, 6.45) is 1.58. The fourth-order valence-corrected chi connectivity index (χ4v) is 1.66. The van der Waals surface area contributed by atoms with Crippen LogP contribution in [0, 0.1) is 12.7 Å². The Labute approximate surface area is 108 Å². The van der Waals surface area contributed by atoms with Gasteiger partial charge in [0.25, 0.3) is 0 Å². The van der Waals surface area contributed by atoms with Crippen molar-refractivity contribution in [3.63, 3.8) is 0 Å². The topological polar surface area (TPSA) is 37.8 Å². The van der Waals surface area contributed by atoms with Gasteiger partial charge in [-0.1, -0.05) is 11.6 Å². The van der Waals surface area contributed by atoms with Gasteiger partial charge in [-0.15, -0.1) is 0 Å². The van der Waals surface area contributed by atoms with E-state index in [-0.39, 0.29) is 5.28 Å². The lowest BCUT2D eigenvalue weighted by molar-refractivity contribution is 0.628. The first-order valence-corrected chi connectivity index (χ1v) is 5.52. The van der Waals surface area contributed by atoms with E-state index in [0.717, 1.165) is 5.56 Å². The standard InChI is InChI=1S/C11H8Cl2FN3/c1-6-5-15-11(13)17-10(6)16-9-3-7(12)2-8(14)4-9/h2-5H,1H3,(H,15,16,17). The SMILES string of the molecule is Cc1cnc(Cl)nc1Nc1cc(F)cc(Cl)c1. The van der Waals surface area contributed by atoms with Crippen LogP contribution in [0.25, 0.3) is 0 Å². The van der Waals surface area contributed by atoms with E-state index < -0.39 is 5.82 Å². The lowest BCUT2D eigenvalue weighted by Crippen LogP contribution is -1.98. The summed E-state index contributed by atoms with van der Waals surface area (Å²) in [5.74, 6) is 0.101. The number of benzene rings is 1. The predicted molar refractivity (Wildman–Crippen MR) is 66.5 cm³/mol. The van der Waals surface area contributed by atoms with Gasteiger partial charge in [0.05, 0.1) is 0 Å². The van der Waals surface area contributed by atoms with Crippen LogP contribution in [0.15, 0.2) is 24.4 Å². The average Bonchev–Trinajstić information content (AvgIpc) is 2.22. The lowest BCUT2D eigenvalue weighted by atomic mass is 10.3. The minimum Gasteiger partial charge on any atom is -0.340 e. The van der Waals surface area contributed by atoms with Crippen molar-refractivity contribution in [1.82, 2.24) is 9.97 Å². The van der Waals surface area contributed by atoms with Gasteiger partial charge in [-0.25, -0.2) is 14.4 Å². The molecular formula is C11H8Cl2FN3. The fourth-order valence-electron chi connectivity index (χ4n) is 1.31. The van der Waals surface area contributed by atoms with Crippen LogP contribution < -0.4 is 5.32 Å². The van der Waals surface area contributed by atoms with Crippen LogP contribution in [0.1, 0.15) is 5.56 Å². The van der Waals surface area contributed by atoms with Crippen molar-refractivity contribution in [2.75, 3.05) is 5.32 Å². The summed E-state index contributed by atoms with van der Waals surface area (Å²) in [6, 6.07) is 4.15. The summed E-state index contributed by atoms with van der Waals surface area (Å²) in [5, 5.41) is 3.37. The van der Waals surface area contributed by atoms with Crippen molar-refractivity contribution in [2.24, 2.45) is 0 Å². The van der Waals surface area contributed by atoms with Crippen LogP contribution in [-0.2, 0) is 0 Å². The molecular weight excluding hydrogens is 264 g/mol. The monoisotopic (exact) mass is 271 g/mol. The van der Waals surface area contributed by atoms with Crippen LogP contribution in [0.3, 0.4) is 0 Å². The molecule has 1 N–H and O–H groups in total. The third-order valence-electron chi connectivity index (χ3n) is 2.07. The first-order valence-electron chi connectivity index (χ1n) is 4.77. The highest BCUT2D eigenvalue weighted by molar-refractivity contribution is 6.30. The molecule has 0 unspecified atom stereocenters. The molecule has 2 rings (SSSR count). The first kappa shape index (κ1) is 12.1. The molecule has 3 nitrogen and oxygen atoms in total. The molecule has 0 saturated carbocycles. The second-order valence-corrected chi connectivity index (χ2v) is 4.23. The molecule has 0 aliphatic carbocycles. The molecule has 2 aromatic rings. The Morgan fingerprint density at radius 1 is 1.24 bits per heavy atom. The fraction of sp³-hybridized carbons (Fsp3) is 0.0909. The van der Waals surface area contributed by atoms with E-state index >= 15 is 0 Å². The maximum absolute atomic E-state index is 13.1. The van der Waals surface area contributed by atoms with Gasteiger partial charge in [0.15, 0.2) is 0 Å². The number of halogens is 3. The maximum Gasteiger partial charge on any atom is 0.224 e. The number of nitrogens with zero attached hydrogens (tertiary/aromatic N) is 2. The van der Waals surface area contributed by atoms with E-state index in [1.807, 2.05) is 6.92 Å². The second kappa shape index (κ2) is 4.85. The molecule has 0 radical (unpaired) electrons. The Hall–Kier alpha value is -1.39. The highest BCUT2D eigenvalue weighted by Gasteiger charge is 2.05. The third kappa shape index (κ3) is 3.05. The summed E-state index contributed by atoms with van der Waals surface area (Å²) in [5.41, 5.74) is 1.31. The van der Waals surface area contributed by atoms with Gasteiger partial charge in [-0.3, -0.25) is 0 Å². The number of hydrogen-bond acceptors (Lipinski definition) is 3. The van der Waals surface area contributed by atoms with Crippen molar-refractivity contribution in [2.45, 2.75) is 6.92 Å². The molecule has 88 valence electrons. The Bertz CT molecular complexity index is 540. The number of aromatic nitrogens is 2. The Morgan fingerprint density at radius 2 is 2.00 bits per heavy atom. The molecule has 0 spiro atoms. The smallest absolute Gasteiger partial charge is 0.224 e. The van der Waals surface area contributed by atoms with E-state index in [9.17, 15) is 4.39 Å². The molecule has 0 fully saturated rings. The van der Waals surface area contributed by atoms with E-state index in [0.29, 0.717) is 16.5 Å². The summed E-state index contributed by atoms with van der Waals surface area (Å²) in [4.78, 5) is 7.84. The van der Waals surface area contributed by atoms with Crippen LogP contribution in [-0.4, -0.2) is 9.97 Å².